The maximum atomic E-state index is 12.5. The highest BCUT2D eigenvalue weighted by Crippen LogP contribution is 2.42. The number of hydrogen-bond acceptors (Lipinski definition) is 2. The fourth-order valence-electron chi connectivity index (χ4n) is 1.60. The zero-order valence-corrected chi connectivity index (χ0v) is 8.87. The highest BCUT2D eigenvalue weighted by Gasteiger charge is 2.37. The number of primary amides is 1. The fourth-order valence-corrected chi connectivity index (χ4v) is 1.60. The van der Waals surface area contributed by atoms with Crippen LogP contribution in [0.1, 0.15) is 30.1 Å². The second kappa shape index (κ2) is 4.05. The average molecular weight is 246 g/mol. The first-order chi connectivity index (χ1) is 7.88. The molecule has 1 radical (unpaired) electrons. The van der Waals surface area contributed by atoms with Crippen LogP contribution < -0.4 is 5.73 Å². The van der Waals surface area contributed by atoms with Crippen molar-refractivity contribution in [3.05, 3.63) is 23.9 Å². The van der Waals surface area contributed by atoms with Gasteiger partial charge in [-0.2, -0.15) is 18.3 Å². The van der Waals surface area contributed by atoms with Crippen LogP contribution in [0.15, 0.2) is 6.07 Å². The molecule has 1 aromatic rings. The molecule has 2 rings (SSSR count). The maximum Gasteiger partial charge on any atom is 0.435 e. The maximum absolute atomic E-state index is 12.5. The van der Waals surface area contributed by atoms with Crippen molar-refractivity contribution in [2.45, 2.75) is 31.5 Å². The number of amides is 1. The first-order valence-corrected chi connectivity index (χ1v) is 5.15. The van der Waals surface area contributed by atoms with Crippen LogP contribution in [0.4, 0.5) is 13.2 Å². The Morgan fingerprint density at radius 2 is 2.24 bits per heavy atom. The number of rotatable bonds is 4. The van der Waals surface area contributed by atoms with Crippen LogP contribution in [-0.2, 0) is 17.5 Å². The number of halogens is 3. The largest absolute Gasteiger partial charge is 0.435 e. The lowest BCUT2D eigenvalue weighted by Gasteiger charge is -2.04. The number of alkyl halides is 3. The number of nitrogens with zero attached hydrogens (tertiary/aromatic N) is 2. The number of hydrogen-bond donors (Lipinski definition) is 1. The minimum atomic E-state index is -4.46. The monoisotopic (exact) mass is 246 g/mol. The average Bonchev–Trinajstić information content (AvgIpc) is 2.93. The molecule has 7 heteroatoms. The molecular weight excluding hydrogens is 235 g/mol. The lowest BCUT2D eigenvalue weighted by atomic mass is 10.2. The minimum Gasteiger partial charge on any atom is -0.369 e. The van der Waals surface area contributed by atoms with Crippen molar-refractivity contribution in [3.8, 4) is 0 Å². The van der Waals surface area contributed by atoms with E-state index in [1.54, 1.807) is 0 Å². The molecule has 17 heavy (non-hydrogen) atoms. The van der Waals surface area contributed by atoms with Crippen LogP contribution in [0.3, 0.4) is 0 Å². The number of carbonyl (C=O) groups excluding carboxylic acids is 1. The summed E-state index contributed by atoms with van der Waals surface area (Å²) in [7, 11) is 0. The summed E-state index contributed by atoms with van der Waals surface area (Å²) in [6, 6.07) is 1.05. The summed E-state index contributed by atoms with van der Waals surface area (Å²) in [4.78, 5) is 10.6. The first-order valence-electron chi connectivity index (χ1n) is 5.15. The Morgan fingerprint density at radius 1 is 1.59 bits per heavy atom. The molecule has 0 aliphatic heterocycles. The van der Waals surface area contributed by atoms with Crippen LogP contribution >= 0.6 is 0 Å². The highest BCUT2D eigenvalue weighted by atomic mass is 19.4. The van der Waals surface area contributed by atoms with Crippen LogP contribution in [-0.4, -0.2) is 15.7 Å². The first kappa shape index (κ1) is 11.9. The van der Waals surface area contributed by atoms with Crippen LogP contribution in [0.25, 0.3) is 0 Å². The van der Waals surface area contributed by atoms with Crippen molar-refractivity contribution in [2.24, 2.45) is 5.73 Å². The number of aromatic nitrogens is 2. The Labute approximate surface area is 95.6 Å². The smallest absolute Gasteiger partial charge is 0.369 e. The van der Waals surface area contributed by atoms with Crippen LogP contribution in [0, 0.1) is 6.42 Å². The summed E-state index contributed by atoms with van der Waals surface area (Å²) >= 11 is 0. The standard InChI is InChI=1S/C10H11F3N3O/c11-10(12,13)8-5-7(6-1-2-6)16(15-8)4-3-9(14)17/h3,5-6H,1-2,4H2,(H2,14,17). The molecule has 0 spiro atoms. The summed E-state index contributed by atoms with van der Waals surface area (Å²) < 4.78 is 38.7. The predicted octanol–water partition coefficient (Wildman–Crippen LogP) is 1.47. The predicted molar refractivity (Wildman–Crippen MR) is 52.7 cm³/mol. The lowest BCUT2D eigenvalue weighted by molar-refractivity contribution is -0.141. The summed E-state index contributed by atoms with van der Waals surface area (Å²) in [6.45, 7) is -0.0166. The number of nitrogens with two attached hydrogens (primary N) is 1. The van der Waals surface area contributed by atoms with Gasteiger partial charge >= 0.3 is 6.18 Å². The summed E-state index contributed by atoms with van der Waals surface area (Å²) in [5, 5.41) is 3.47. The Hall–Kier alpha value is -1.53. The van der Waals surface area contributed by atoms with Crippen molar-refractivity contribution in [3.63, 3.8) is 0 Å². The Morgan fingerprint density at radius 3 is 2.71 bits per heavy atom. The van der Waals surface area contributed by atoms with Gasteiger partial charge in [-0.25, -0.2) is 0 Å². The van der Waals surface area contributed by atoms with E-state index in [1.165, 1.54) is 4.68 Å². The van der Waals surface area contributed by atoms with Gasteiger partial charge in [0.25, 0.3) is 0 Å². The quantitative estimate of drug-likeness (QED) is 0.874. The van der Waals surface area contributed by atoms with Gasteiger partial charge < -0.3 is 5.73 Å². The van der Waals surface area contributed by atoms with Gasteiger partial charge in [-0.1, -0.05) is 0 Å². The van der Waals surface area contributed by atoms with Gasteiger partial charge in [0.2, 0.25) is 5.91 Å². The van der Waals surface area contributed by atoms with Gasteiger partial charge in [0.05, 0.1) is 13.0 Å². The SMILES string of the molecule is NC(=O)[CH]Cn1nc(C(F)(F)F)cc1C1CC1. The second-order valence-electron chi connectivity index (χ2n) is 4.02. The van der Waals surface area contributed by atoms with Gasteiger partial charge in [0.15, 0.2) is 5.69 Å². The molecule has 0 saturated heterocycles. The molecule has 1 aliphatic rings. The van der Waals surface area contributed by atoms with E-state index in [1.807, 2.05) is 0 Å². The zero-order chi connectivity index (χ0) is 12.6. The van der Waals surface area contributed by atoms with Gasteiger partial charge in [-0.15, -0.1) is 0 Å². The van der Waals surface area contributed by atoms with E-state index < -0.39 is 17.8 Å². The van der Waals surface area contributed by atoms with Gasteiger partial charge in [-0.3, -0.25) is 9.48 Å². The molecule has 0 unspecified atom stereocenters. The highest BCUT2D eigenvalue weighted by molar-refractivity contribution is 5.82. The molecule has 1 fully saturated rings. The van der Waals surface area contributed by atoms with Crippen molar-refractivity contribution >= 4 is 5.91 Å². The van der Waals surface area contributed by atoms with Crippen LogP contribution in [0.5, 0.6) is 0 Å². The lowest BCUT2D eigenvalue weighted by Crippen LogP contribution is -2.17. The third kappa shape index (κ3) is 2.78. The topological polar surface area (TPSA) is 60.9 Å². The van der Waals surface area contributed by atoms with E-state index in [0.29, 0.717) is 5.69 Å². The molecule has 93 valence electrons. The van der Waals surface area contributed by atoms with Crippen molar-refractivity contribution < 1.29 is 18.0 Å². The molecule has 1 amide bonds. The fraction of sp³-hybridized carbons (Fsp3) is 0.500. The van der Waals surface area contributed by atoms with Gasteiger partial charge in [0.1, 0.15) is 0 Å². The molecule has 0 atom stereocenters. The minimum absolute atomic E-state index is 0.0166. The third-order valence-corrected chi connectivity index (χ3v) is 2.56. The van der Waals surface area contributed by atoms with Gasteiger partial charge in [-0.05, 0) is 18.9 Å². The Balaban J connectivity index is 2.22. The molecule has 1 aliphatic carbocycles. The molecule has 1 aromatic heterocycles. The molecule has 2 N–H and O–H groups in total. The van der Waals surface area contributed by atoms with Crippen molar-refractivity contribution in [1.29, 1.82) is 0 Å². The van der Waals surface area contributed by atoms with Gasteiger partial charge in [0, 0.05) is 11.6 Å². The van der Waals surface area contributed by atoms with E-state index in [-0.39, 0.29) is 12.5 Å². The van der Waals surface area contributed by atoms with E-state index in [0.717, 1.165) is 25.3 Å². The second-order valence-corrected chi connectivity index (χ2v) is 4.02. The van der Waals surface area contributed by atoms with Crippen molar-refractivity contribution in [1.82, 2.24) is 9.78 Å². The summed E-state index contributed by atoms with van der Waals surface area (Å²) in [5.41, 5.74) is 4.52. The van der Waals surface area contributed by atoms with E-state index in [2.05, 4.69) is 5.10 Å². The third-order valence-electron chi connectivity index (χ3n) is 2.56. The van der Waals surface area contributed by atoms with E-state index in [9.17, 15) is 18.0 Å². The molecule has 1 heterocycles. The molecule has 0 aromatic carbocycles. The molecule has 1 saturated carbocycles. The molecular formula is C10H11F3N3O. The van der Waals surface area contributed by atoms with E-state index in [4.69, 9.17) is 5.73 Å². The Kier molecular flexibility index (Phi) is 2.84. The molecule has 0 bridgehead atoms. The van der Waals surface area contributed by atoms with Crippen LogP contribution in [0.2, 0.25) is 0 Å². The summed E-state index contributed by atoms with van der Waals surface area (Å²) in [5.74, 6) is -0.546. The number of carbonyl (C=O) groups is 1. The zero-order valence-electron chi connectivity index (χ0n) is 8.87. The Bertz CT molecular complexity index is 434. The molecule has 4 nitrogen and oxygen atoms in total. The van der Waals surface area contributed by atoms with E-state index >= 15 is 0 Å². The summed E-state index contributed by atoms with van der Waals surface area (Å²) in [6.07, 6.45) is -1.63. The normalized spacial score (nSPS) is 16.2. The van der Waals surface area contributed by atoms with Crippen molar-refractivity contribution in [2.75, 3.05) is 0 Å².